The van der Waals surface area contributed by atoms with E-state index in [4.69, 9.17) is 0 Å². The maximum atomic E-state index is 12.9. The molecule has 31 heavy (non-hydrogen) atoms. The van der Waals surface area contributed by atoms with Gasteiger partial charge in [-0.3, -0.25) is 15.0 Å². The summed E-state index contributed by atoms with van der Waals surface area (Å²) in [7, 11) is 0. The highest BCUT2D eigenvalue weighted by Gasteiger charge is 2.48. The van der Waals surface area contributed by atoms with Crippen LogP contribution in [-0.2, 0) is 11.2 Å². The second-order valence-electron chi connectivity index (χ2n) is 7.84. The van der Waals surface area contributed by atoms with Gasteiger partial charge in [0.05, 0.1) is 11.9 Å². The molecule has 1 aliphatic rings. The van der Waals surface area contributed by atoms with E-state index in [1.54, 1.807) is 42.1 Å². The van der Waals surface area contributed by atoms with Crippen LogP contribution in [0.15, 0.2) is 67.0 Å². The molecule has 4 amide bonds. The Kier molecular flexibility index (Phi) is 5.29. The third kappa shape index (κ3) is 4.18. The van der Waals surface area contributed by atoms with Gasteiger partial charge >= 0.3 is 6.03 Å². The lowest BCUT2D eigenvalue weighted by molar-refractivity contribution is -0.132. The topological polar surface area (TPSA) is 96.3 Å². The van der Waals surface area contributed by atoms with Crippen molar-refractivity contribution >= 4 is 17.8 Å². The van der Waals surface area contributed by atoms with Crippen molar-refractivity contribution < 1.29 is 14.4 Å². The molecule has 2 N–H and O–H groups in total. The Hall–Kier alpha value is -3.94. The molecular weight excluding hydrogens is 394 g/mol. The molecule has 1 unspecified atom stereocenters. The molecule has 0 bridgehead atoms. The molecule has 1 saturated heterocycles. The molecule has 0 radical (unpaired) electrons. The van der Waals surface area contributed by atoms with E-state index in [0.29, 0.717) is 18.4 Å². The molecule has 1 fully saturated rings. The maximum Gasteiger partial charge on any atom is 0.344 e. The molecule has 1 aliphatic heterocycles. The van der Waals surface area contributed by atoms with Crippen LogP contribution < -0.4 is 10.7 Å². The number of rotatable bonds is 6. The SMILES string of the molecule is Cc1cnn(-c2ccc(C(=O)NN3C(=O)NC(C)(CCc4ccccc4)C3=O)cc2)c1. The van der Waals surface area contributed by atoms with E-state index in [0.717, 1.165) is 21.8 Å². The Morgan fingerprint density at radius 1 is 1.10 bits per heavy atom. The van der Waals surface area contributed by atoms with Crippen LogP contribution in [0.2, 0.25) is 0 Å². The van der Waals surface area contributed by atoms with Gasteiger partial charge in [-0.1, -0.05) is 30.3 Å². The normalized spacial score (nSPS) is 18.2. The van der Waals surface area contributed by atoms with Gasteiger partial charge in [0.1, 0.15) is 5.54 Å². The smallest absolute Gasteiger partial charge is 0.322 e. The molecule has 4 rings (SSSR count). The van der Waals surface area contributed by atoms with Gasteiger partial charge in [-0.2, -0.15) is 10.1 Å². The third-order valence-electron chi connectivity index (χ3n) is 5.34. The highest BCUT2D eigenvalue weighted by atomic mass is 16.2. The first kappa shape index (κ1) is 20.3. The summed E-state index contributed by atoms with van der Waals surface area (Å²) in [5.41, 5.74) is 4.56. The fraction of sp³-hybridized carbons (Fsp3) is 0.217. The van der Waals surface area contributed by atoms with Crippen molar-refractivity contribution in [3.05, 3.63) is 83.7 Å². The molecule has 2 aromatic carbocycles. The number of amides is 4. The van der Waals surface area contributed by atoms with Gasteiger partial charge < -0.3 is 5.32 Å². The molecule has 0 saturated carbocycles. The van der Waals surface area contributed by atoms with Crippen molar-refractivity contribution in [1.82, 2.24) is 25.5 Å². The van der Waals surface area contributed by atoms with Crippen LogP contribution in [0.5, 0.6) is 0 Å². The average Bonchev–Trinajstić information content (AvgIpc) is 3.30. The highest BCUT2D eigenvalue weighted by Crippen LogP contribution is 2.22. The fourth-order valence-corrected chi connectivity index (χ4v) is 3.48. The summed E-state index contributed by atoms with van der Waals surface area (Å²) >= 11 is 0. The zero-order valence-electron chi connectivity index (χ0n) is 17.3. The van der Waals surface area contributed by atoms with Crippen molar-refractivity contribution in [2.45, 2.75) is 32.2 Å². The highest BCUT2D eigenvalue weighted by molar-refractivity contribution is 6.09. The van der Waals surface area contributed by atoms with Crippen molar-refractivity contribution in [3.63, 3.8) is 0 Å². The summed E-state index contributed by atoms with van der Waals surface area (Å²) in [6.07, 6.45) is 4.66. The number of carbonyl (C=O) groups excluding carboxylic acids is 3. The Bertz CT molecular complexity index is 1120. The summed E-state index contributed by atoms with van der Waals surface area (Å²) in [4.78, 5) is 37.9. The quantitative estimate of drug-likeness (QED) is 0.603. The predicted octanol–water partition coefficient (Wildman–Crippen LogP) is 2.77. The average molecular weight is 417 g/mol. The van der Waals surface area contributed by atoms with Crippen LogP contribution in [0.1, 0.15) is 34.8 Å². The standard InChI is InChI=1S/C23H23N5O3/c1-16-14-24-27(15-16)19-10-8-18(9-11-19)20(29)26-28-21(30)23(2,25-22(28)31)13-12-17-6-4-3-5-7-17/h3-11,14-15H,12-13H2,1-2H3,(H,25,31)(H,26,29). The molecule has 0 spiro atoms. The van der Waals surface area contributed by atoms with Crippen LogP contribution in [0.3, 0.4) is 0 Å². The lowest BCUT2D eigenvalue weighted by Crippen LogP contribution is -2.48. The number of aryl methyl sites for hydroxylation is 2. The van der Waals surface area contributed by atoms with E-state index >= 15 is 0 Å². The minimum Gasteiger partial charge on any atom is -0.322 e. The number of hydrogen-bond donors (Lipinski definition) is 2. The largest absolute Gasteiger partial charge is 0.344 e. The first-order chi connectivity index (χ1) is 14.9. The number of nitrogens with zero attached hydrogens (tertiary/aromatic N) is 3. The van der Waals surface area contributed by atoms with Crippen molar-refractivity contribution in [2.24, 2.45) is 0 Å². The number of nitrogens with one attached hydrogen (secondary N) is 2. The number of hydrazine groups is 1. The molecular formula is C23H23N5O3. The van der Waals surface area contributed by atoms with Gasteiger partial charge in [-0.05, 0) is 62.1 Å². The Balaban J connectivity index is 1.42. The number of aromatic nitrogens is 2. The van der Waals surface area contributed by atoms with Crippen LogP contribution in [0.4, 0.5) is 4.79 Å². The summed E-state index contributed by atoms with van der Waals surface area (Å²) < 4.78 is 1.70. The Morgan fingerprint density at radius 2 is 1.81 bits per heavy atom. The van der Waals surface area contributed by atoms with Crippen molar-refractivity contribution in [3.8, 4) is 5.69 Å². The molecule has 2 heterocycles. The van der Waals surface area contributed by atoms with Crippen LogP contribution in [0, 0.1) is 6.92 Å². The second kappa shape index (κ2) is 8.06. The molecule has 158 valence electrons. The van der Waals surface area contributed by atoms with E-state index < -0.39 is 23.4 Å². The van der Waals surface area contributed by atoms with Gasteiger partial charge in [0, 0.05) is 11.8 Å². The van der Waals surface area contributed by atoms with E-state index in [9.17, 15) is 14.4 Å². The minimum atomic E-state index is -1.08. The molecule has 8 heteroatoms. The van der Waals surface area contributed by atoms with Gasteiger partial charge in [-0.15, -0.1) is 0 Å². The number of imide groups is 1. The fourth-order valence-electron chi connectivity index (χ4n) is 3.48. The van der Waals surface area contributed by atoms with Crippen LogP contribution >= 0.6 is 0 Å². The number of benzene rings is 2. The van der Waals surface area contributed by atoms with E-state index in [1.807, 2.05) is 43.5 Å². The summed E-state index contributed by atoms with van der Waals surface area (Å²) in [6, 6.07) is 15.8. The van der Waals surface area contributed by atoms with E-state index in [2.05, 4.69) is 15.8 Å². The molecule has 8 nitrogen and oxygen atoms in total. The summed E-state index contributed by atoms with van der Waals surface area (Å²) in [6.45, 7) is 3.61. The molecule has 0 aliphatic carbocycles. The van der Waals surface area contributed by atoms with E-state index in [-0.39, 0.29) is 0 Å². The van der Waals surface area contributed by atoms with Gasteiger partial charge in [0.15, 0.2) is 0 Å². The summed E-state index contributed by atoms with van der Waals surface area (Å²) in [5, 5.41) is 7.69. The zero-order valence-corrected chi connectivity index (χ0v) is 17.3. The first-order valence-electron chi connectivity index (χ1n) is 9.99. The monoisotopic (exact) mass is 417 g/mol. The van der Waals surface area contributed by atoms with Crippen molar-refractivity contribution in [1.29, 1.82) is 0 Å². The maximum absolute atomic E-state index is 12.9. The predicted molar refractivity (Wildman–Crippen MR) is 114 cm³/mol. The second-order valence-corrected chi connectivity index (χ2v) is 7.84. The van der Waals surface area contributed by atoms with Crippen LogP contribution in [0.25, 0.3) is 5.69 Å². The zero-order chi connectivity index (χ0) is 22.0. The lowest BCUT2D eigenvalue weighted by Gasteiger charge is -2.21. The number of urea groups is 1. The lowest BCUT2D eigenvalue weighted by atomic mass is 9.93. The third-order valence-corrected chi connectivity index (χ3v) is 5.34. The van der Waals surface area contributed by atoms with Crippen molar-refractivity contribution in [2.75, 3.05) is 0 Å². The first-order valence-corrected chi connectivity index (χ1v) is 9.99. The molecule has 1 atom stereocenters. The van der Waals surface area contributed by atoms with Gasteiger partial charge in [-0.25, -0.2) is 9.48 Å². The number of hydrogen-bond acceptors (Lipinski definition) is 4. The minimum absolute atomic E-state index is 0.325. The Labute approximate surface area is 179 Å². The van der Waals surface area contributed by atoms with E-state index in [1.165, 1.54) is 0 Å². The summed E-state index contributed by atoms with van der Waals surface area (Å²) in [5.74, 6) is -1.02. The molecule has 1 aromatic heterocycles. The van der Waals surface area contributed by atoms with Gasteiger partial charge in [0.2, 0.25) is 0 Å². The Morgan fingerprint density at radius 3 is 2.45 bits per heavy atom. The van der Waals surface area contributed by atoms with Crippen LogP contribution in [-0.4, -0.2) is 38.2 Å². The van der Waals surface area contributed by atoms with Gasteiger partial charge in [0.25, 0.3) is 11.8 Å². The number of carbonyl (C=O) groups is 3. The molecule has 3 aromatic rings.